The van der Waals surface area contributed by atoms with Crippen molar-refractivity contribution in [3.8, 4) is 0 Å². The molecular weight excluding hydrogens is 397 g/mol. The van der Waals surface area contributed by atoms with Gasteiger partial charge in [0.15, 0.2) is 0 Å². The Morgan fingerprint density at radius 3 is 2.66 bits per heavy atom. The van der Waals surface area contributed by atoms with Crippen LogP contribution < -0.4 is 16.1 Å². The largest absolute Gasteiger partial charge is 0.368 e. The molecule has 0 saturated carbocycles. The number of pyridine rings is 1. The molecule has 0 spiro atoms. The first-order valence-corrected chi connectivity index (χ1v) is 9.08. The summed E-state index contributed by atoms with van der Waals surface area (Å²) in [6.07, 6.45) is 1.64. The van der Waals surface area contributed by atoms with Gasteiger partial charge in [-0.05, 0) is 48.5 Å². The molecule has 9 heteroatoms. The number of anilines is 2. The summed E-state index contributed by atoms with van der Waals surface area (Å²) in [5.74, 6) is -1.54. The highest BCUT2D eigenvalue weighted by atomic mass is 35.5. The van der Waals surface area contributed by atoms with Gasteiger partial charge in [-0.1, -0.05) is 11.6 Å². The van der Waals surface area contributed by atoms with Crippen molar-refractivity contribution in [2.24, 2.45) is 10.8 Å². The van der Waals surface area contributed by atoms with Crippen molar-refractivity contribution in [2.45, 2.75) is 12.5 Å². The van der Waals surface area contributed by atoms with Crippen LogP contribution >= 0.6 is 11.6 Å². The smallest absolute Gasteiger partial charge is 0.271 e. The van der Waals surface area contributed by atoms with Crippen molar-refractivity contribution in [1.82, 2.24) is 4.98 Å². The number of aromatic nitrogens is 1. The van der Waals surface area contributed by atoms with E-state index in [1.165, 1.54) is 29.3 Å². The summed E-state index contributed by atoms with van der Waals surface area (Å²) < 4.78 is 13.2. The number of hydrazone groups is 1. The fourth-order valence-electron chi connectivity index (χ4n) is 3.14. The van der Waals surface area contributed by atoms with Crippen LogP contribution in [-0.2, 0) is 9.59 Å². The van der Waals surface area contributed by atoms with Crippen LogP contribution in [0, 0.1) is 5.82 Å². The predicted octanol–water partition coefficient (Wildman–Crippen LogP) is 3.09. The second-order valence-electron chi connectivity index (χ2n) is 6.44. The van der Waals surface area contributed by atoms with Crippen LogP contribution in [0.25, 0.3) is 10.9 Å². The zero-order chi connectivity index (χ0) is 20.5. The molecule has 1 aromatic heterocycles. The van der Waals surface area contributed by atoms with Crippen LogP contribution in [0.4, 0.5) is 15.8 Å². The fourth-order valence-corrected chi connectivity index (χ4v) is 3.36. The van der Waals surface area contributed by atoms with Gasteiger partial charge >= 0.3 is 0 Å². The molecule has 1 atom stereocenters. The molecule has 3 N–H and O–H groups in total. The molecule has 146 valence electrons. The number of carbonyl (C=O) groups excluding carboxylic acids is 2. The molecule has 2 aromatic carbocycles. The second kappa shape index (κ2) is 7.48. The Balaban J connectivity index is 1.63. The zero-order valence-electron chi connectivity index (χ0n) is 15.0. The van der Waals surface area contributed by atoms with Gasteiger partial charge in [0.2, 0.25) is 5.91 Å². The highest BCUT2D eigenvalue weighted by molar-refractivity contribution is 6.45. The Morgan fingerprint density at radius 1 is 1.17 bits per heavy atom. The van der Waals surface area contributed by atoms with Crippen molar-refractivity contribution in [1.29, 1.82) is 0 Å². The minimum atomic E-state index is -0.843. The number of nitrogens with one attached hydrogen (secondary N) is 1. The number of primary amides is 1. The third kappa shape index (κ3) is 3.62. The summed E-state index contributed by atoms with van der Waals surface area (Å²) in [4.78, 5) is 28.9. The maximum Gasteiger partial charge on any atom is 0.271 e. The molecule has 2 amide bonds. The number of fused-ring (bicyclic) bond motifs is 1. The van der Waals surface area contributed by atoms with Crippen LogP contribution in [0.5, 0.6) is 0 Å². The lowest BCUT2D eigenvalue weighted by Crippen LogP contribution is -2.39. The molecule has 3 aromatic rings. The normalized spacial score (nSPS) is 16.0. The van der Waals surface area contributed by atoms with Crippen LogP contribution in [-0.4, -0.2) is 28.6 Å². The lowest BCUT2D eigenvalue weighted by atomic mass is 10.1. The summed E-state index contributed by atoms with van der Waals surface area (Å²) in [7, 11) is 0. The van der Waals surface area contributed by atoms with E-state index in [0.29, 0.717) is 27.3 Å². The molecule has 0 radical (unpaired) electrons. The van der Waals surface area contributed by atoms with Crippen molar-refractivity contribution in [3.63, 3.8) is 0 Å². The molecule has 29 heavy (non-hydrogen) atoms. The number of benzene rings is 2. The number of rotatable bonds is 4. The quantitative estimate of drug-likeness (QED) is 0.688. The van der Waals surface area contributed by atoms with Gasteiger partial charge in [-0.25, -0.2) is 4.39 Å². The average Bonchev–Trinajstić information content (AvgIpc) is 3.17. The van der Waals surface area contributed by atoms with Crippen LogP contribution in [0.3, 0.4) is 0 Å². The van der Waals surface area contributed by atoms with Gasteiger partial charge in [0.1, 0.15) is 17.6 Å². The molecule has 7 nitrogen and oxygen atoms in total. The van der Waals surface area contributed by atoms with Crippen molar-refractivity contribution in [3.05, 3.63) is 65.6 Å². The molecule has 1 aliphatic heterocycles. The first-order chi connectivity index (χ1) is 13.9. The number of halogens is 2. The molecule has 0 aliphatic carbocycles. The van der Waals surface area contributed by atoms with Gasteiger partial charge in [0.05, 0.1) is 21.9 Å². The molecule has 1 aliphatic rings. The molecule has 0 bridgehead atoms. The van der Waals surface area contributed by atoms with Crippen molar-refractivity contribution in [2.75, 3.05) is 10.3 Å². The van der Waals surface area contributed by atoms with Crippen LogP contribution in [0.2, 0.25) is 5.02 Å². The van der Waals surface area contributed by atoms with E-state index in [1.54, 1.807) is 30.5 Å². The maximum atomic E-state index is 13.2. The van der Waals surface area contributed by atoms with Crippen molar-refractivity contribution >= 4 is 51.4 Å². The van der Waals surface area contributed by atoms with Crippen LogP contribution in [0.1, 0.15) is 6.42 Å². The number of carbonyl (C=O) groups is 2. The Bertz CT molecular complexity index is 1150. The average molecular weight is 412 g/mol. The number of hydrogen-bond donors (Lipinski definition) is 2. The molecule has 0 saturated heterocycles. The van der Waals surface area contributed by atoms with E-state index in [0.717, 1.165) is 0 Å². The van der Waals surface area contributed by atoms with E-state index in [9.17, 15) is 14.0 Å². The van der Waals surface area contributed by atoms with E-state index in [4.69, 9.17) is 17.3 Å². The standard InChI is InChI=1S/C20H15ClFN5O2/c21-14-7-8-15(13-2-1-9-24-18(13)14)25-20(29)16-10-17(19(23)28)27(26-16)12-5-3-11(22)4-6-12/h1-9,17H,10H2,(H2,23,28)(H,25,29). The molecule has 0 fully saturated rings. The van der Waals surface area contributed by atoms with E-state index in [-0.39, 0.29) is 12.1 Å². The van der Waals surface area contributed by atoms with Gasteiger partial charge in [-0.3, -0.25) is 19.6 Å². The molecular formula is C20H15ClFN5O2. The SMILES string of the molecule is NC(=O)C1CC(C(=O)Nc2ccc(Cl)c3ncccc23)=NN1c1ccc(F)cc1. The first kappa shape index (κ1) is 18.8. The summed E-state index contributed by atoms with van der Waals surface area (Å²) >= 11 is 6.16. The lowest BCUT2D eigenvalue weighted by Gasteiger charge is -2.20. The van der Waals surface area contributed by atoms with Gasteiger partial charge < -0.3 is 11.1 Å². The Labute approximate surface area is 170 Å². The minimum Gasteiger partial charge on any atom is -0.368 e. The molecule has 2 heterocycles. The Hall–Kier alpha value is -3.52. The Kier molecular flexibility index (Phi) is 4.85. The highest BCUT2D eigenvalue weighted by Gasteiger charge is 2.35. The minimum absolute atomic E-state index is 0.0301. The first-order valence-electron chi connectivity index (χ1n) is 8.70. The monoisotopic (exact) mass is 411 g/mol. The number of nitrogens with two attached hydrogens (primary N) is 1. The lowest BCUT2D eigenvalue weighted by molar-refractivity contribution is -0.119. The van der Waals surface area contributed by atoms with E-state index in [1.807, 2.05) is 0 Å². The Morgan fingerprint density at radius 2 is 1.93 bits per heavy atom. The van der Waals surface area contributed by atoms with Gasteiger partial charge in [-0.15, -0.1) is 0 Å². The topological polar surface area (TPSA) is 101 Å². The van der Waals surface area contributed by atoms with Gasteiger partial charge in [-0.2, -0.15) is 5.10 Å². The molecule has 1 unspecified atom stereocenters. The fraction of sp³-hybridized carbons (Fsp3) is 0.100. The second-order valence-corrected chi connectivity index (χ2v) is 6.85. The summed E-state index contributed by atoms with van der Waals surface area (Å²) in [6, 6.07) is 11.4. The zero-order valence-corrected chi connectivity index (χ0v) is 15.7. The van der Waals surface area contributed by atoms with E-state index in [2.05, 4.69) is 15.4 Å². The van der Waals surface area contributed by atoms with Gasteiger partial charge in [0, 0.05) is 18.0 Å². The molecule has 4 rings (SSSR count). The van der Waals surface area contributed by atoms with Crippen molar-refractivity contribution < 1.29 is 14.0 Å². The van der Waals surface area contributed by atoms with E-state index >= 15 is 0 Å². The number of nitrogens with zero attached hydrogens (tertiary/aromatic N) is 3. The summed E-state index contributed by atoms with van der Waals surface area (Å²) in [5, 5.41) is 9.52. The highest BCUT2D eigenvalue weighted by Crippen LogP contribution is 2.29. The van der Waals surface area contributed by atoms with E-state index < -0.39 is 23.7 Å². The maximum absolute atomic E-state index is 13.2. The summed E-state index contributed by atoms with van der Waals surface area (Å²) in [5.41, 5.74) is 7.14. The summed E-state index contributed by atoms with van der Waals surface area (Å²) in [6.45, 7) is 0. The van der Waals surface area contributed by atoms with Crippen LogP contribution in [0.15, 0.2) is 59.8 Å². The third-order valence-corrected chi connectivity index (χ3v) is 4.87. The number of amides is 2. The van der Waals surface area contributed by atoms with Gasteiger partial charge in [0.25, 0.3) is 5.91 Å². The number of hydrogen-bond acceptors (Lipinski definition) is 5. The third-order valence-electron chi connectivity index (χ3n) is 4.56. The predicted molar refractivity (Wildman–Crippen MR) is 109 cm³/mol.